The van der Waals surface area contributed by atoms with E-state index >= 15 is 0 Å². The molecule has 1 heterocycles. The minimum atomic E-state index is -0.588. The highest BCUT2D eigenvalue weighted by Gasteiger charge is 2.54. The molecule has 0 spiro atoms. The van der Waals surface area contributed by atoms with Gasteiger partial charge in [-0.25, -0.2) is 4.39 Å². The molecule has 0 aromatic heterocycles. The molecular formula is C33H35FN2O. The highest BCUT2D eigenvalue weighted by molar-refractivity contribution is 5.70. The van der Waals surface area contributed by atoms with Gasteiger partial charge in [0.25, 0.3) is 0 Å². The van der Waals surface area contributed by atoms with Crippen molar-refractivity contribution in [1.29, 1.82) is 0 Å². The number of hydrogen-bond acceptors (Lipinski definition) is 3. The van der Waals surface area contributed by atoms with Crippen molar-refractivity contribution in [2.75, 3.05) is 11.5 Å². The van der Waals surface area contributed by atoms with Gasteiger partial charge in [-0.2, -0.15) is 0 Å². The van der Waals surface area contributed by atoms with Gasteiger partial charge in [-0.15, -0.1) is 0 Å². The maximum atomic E-state index is 13.7. The number of rotatable bonds is 8. The molecule has 0 amide bonds. The van der Waals surface area contributed by atoms with Gasteiger partial charge in [0.1, 0.15) is 5.82 Å². The van der Waals surface area contributed by atoms with Crippen LogP contribution in [0.3, 0.4) is 0 Å². The summed E-state index contributed by atoms with van der Waals surface area (Å²) in [6.45, 7) is 6.64. The Bertz CT molecular complexity index is 1310. The minimum Gasteiger partial charge on any atom is -0.396 e. The summed E-state index contributed by atoms with van der Waals surface area (Å²) in [4.78, 5) is 2.14. The first kappa shape index (κ1) is 25.2. The molecule has 3 unspecified atom stereocenters. The Hall–Kier alpha value is -3.47. The number of aliphatic hydroxyl groups excluding tert-OH is 1. The van der Waals surface area contributed by atoms with E-state index in [0.29, 0.717) is 0 Å². The van der Waals surface area contributed by atoms with Crippen LogP contribution in [-0.2, 0) is 6.42 Å². The number of nitrogens with zero attached hydrogens (tertiary/aromatic N) is 1. The zero-order chi connectivity index (χ0) is 26.0. The van der Waals surface area contributed by atoms with E-state index in [0.717, 1.165) is 48.2 Å². The van der Waals surface area contributed by atoms with Crippen molar-refractivity contribution in [3.05, 3.63) is 131 Å². The number of aryl methyl sites for hydroxylation is 2. The Morgan fingerprint density at radius 3 is 2.41 bits per heavy atom. The molecule has 1 saturated heterocycles. The number of benzene rings is 3. The van der Waals surface area contributed by atoms with Crippen molar-refractivity contribution >= 4 is 11.3 Å². The van der Waals surface area contributed by atoms with Crippen LogP contribution in [-0.4, -0.2) is 17.3 Å². The van der Waals surface area contributed by atoms with Crippen LogP contribution in [0.4, 0.5) is 10.1 Å². The third-order valence-electron chi connectivity index (χ3n) is 7.85. The van der Waals surface area contributed by atoms with E-state index in [9.17, 15) is 9.50 Å². The summed E-state index contributed by atoms with van der Waals surface area (Å²) >= 11 is 0. The Balaban J connectivity index is 1.40. The van der Waals surface area contributed by atoms with Crippen molar-refractivity contribution in [1.82, 2.24) is 0 Å². The van der Waals surface area contributed by atoms with Crippen molar-refractivity contribution < 1.29 is 9.50 Å². The molecule has 190 valence electrons. The van der Waals surface area contributed by atoms with Crippen LogP contribution >= 0.6 is 0 Å². The van der Waals surface area contributed by atoms with E-state index in [4.69, 9.17) is 5.73 Å². The molecule has 1 fully saturated rings. The van der Waals surface area contributed by atoms with E-state index in [1.54, 1.807) is 12.1 Å². The molecule has 3 N–H and O–H groups in total. The summed E-state index contributed by atoms with van der Waals surface area (Å²) in [5, 5.41) is 9.58. The Kier molecular flexibility index (Phi) is 7.14. The molecule has 1 aliphatic carbocycles. The third kappa shape index (κ3) is 5.04. The first-order chi connectivity index (χ1) is 17.9. The van der Waals surface area contributed by atoms with Crippen LogP contribution in [0, 0.1) is 18.7 Å². The summed E-state index contributed by atoms with van der Waals surface area (Å²) in [6.07, 6.45) is 9.74. The van der Waals surface area contributed by atoms with E-state index in [-0.39, 0.29) is 24.4 Å². The van der Waals surface area contributed by atoms with Crippen LogP contribution in [0.2, 0.25) is 0 Å². The second-order valence-electron chi connectivity index (χ2n) is 10.4. The molecule has 2 aliphatic rings. The molecule has 0 radical (unpaired) electrons. The molecule has 37 heavy (non-hydrogen) atoms. The second-order valence-corrected chi connectivity index (χ2v) is 10.4. The molecule has 0 saturated carbocycles. The van der Waals surface area contributed by atoms with Crippen LogP contribution in [0.15, 0.2) is 103 Å². The summed E-state index contributed by atoms with van der Waals surface area (Å²) in [5.41, 5.74) is 14.4. The van der Waals surface area contributed by atoms with Crippen molar-refractivity contribution in [3.63, 3.8) is 0 Å². The van der Waals surface area contributed by atoms with Crippen LogP contribution < -0.4 is 10.6 Å². The number of anilines is 1. The van der Waals surface area contributed by atoms with Gasteiger partial charge in [-0.05, 0) is 79.1 Å². The topological polar surface area (TPSA) is 49.5 Å². The molecule has 1 aliphatic heterocycles. The predicted molar refractivity (Wildman–Crippen MR) is 151 cm³/mol. The molecule has 3 atom stereocenters. The maximum Gasteiger partial charge on any atom is 0.123 e. The van der Waals surface area contributed by atoms with Crippen molar-refractivity contribution in [3.8, 4) is 0 Å². The third-order valence-corrected chi connectivity index (χ3v) is 7.85. The quantitative estimate of drug-likeness (QED) is 0.359. The summed E-state index contributed by atoms with van der Waals surface area (Å²) < 4.78 is 13.7. The Morgan fingerprint density at radius 1 is 1.03 bits per heavy atom. The largest absolute Gasteiger partial charge is 0.396 e. The minimum absolute atomic E-state index is 0.0945. The van der Waals surface area contributed by atoms with E-state index in [1.165, 1.54) is 28.8 Å². The van der Waals surface area contributed by atoms with E-state index in [1.807, 2.05) is 6.08 Å². The summed E-state index contributed by atoms with van der Waals surface area (Å²) in [7, 11) is 0. The van der Waals surface area contributed by atoms with Gasteiger partial charge in [0.05, 0.1) is 11.6 Å². The number of nitrogens with two attached hydrogens (primary N) is 1. The Morgan fingerprint density at radius 2 is 1.73 bits per heavy atom. The monoisotopic (exact) mass is 494 g/mol. The molecule has 0 bridgehead atoms. The lowest BCUT2D eigenvalue weighted by Gasteiger charge is -2.59. The van der Waals surface area contributed by atoms with E-state index < -0.39 is 5.54 Å². The summed E-state index contributed by atoms with van der Waals surface area (Å²) in [6, 6.07) is 23.7. The van der Waals surface area contributed by atoms with E-state index in [2.05, 4.69) is 79.1 Å². The number of halogens is 1. The fourth-order valence-electron chi connectivity index (χ4n) is 5.64. The van der Waals surface area contributed by atoms with Crippen molar-refractivity contribution in [2.45, 2.75) is 44.2 Å². The maximum absolute atomic E-state index is 13.7. The molecular weight excluding hydrogens is 459 g/mol. The summed E-state index contributed by atoms with van der Waals surface area (Å²) in [5.74, 6) is -0.0993. The van der Waals surface area contributed by atoms with Crippen LogP contribution in [0.25, 0.3) is 5.57 Å². The highest BCUT2D eigenvalue weighted by atomic mass is 19.1. The molecule has 4 heteroatoms. The number of aliphatic hydroxyl groups is 1. The lowest BCUT2D eigenvalue weighted by Crippen LogP contribution is -2.66. The Labute approximate surface area is 219 Å². The fraction of sp³-hybridized carbons (Fsp3) is 0.273. The first-order valence-corrected chi connectivity index (χ1v) is 13.1. The highest BCUT2D eigenvalue weighted by Crippen LogP contribution is 2.52. The standard InChI is InChI=1S/C33H35FN2O/c1-23-8-10-25(11-9-23)6-4-20-33(35)24(2)36(31-18-16-30(34)17-19-31)32(33)28-14-12-27(13-15-28)29-7-3-5-26(21-29)22-37/h3,5,7-19,26,32,37H,2,4,6,20-22,35H2,1H3. The lowest BCUT2D eigenvalue weighted by molar-refractivity contribution is 0.254. The zero-order valence-corrected chi connectivity index (χ0v) is 21.4. The average molecular weight is 495 g/mol. The van der Waals surface area contributed by atoms with Gasteiger partial charge < -0.3 is 15.7 Å². The van der Waals surface area contributed by atoms with Gasteiger partial charge in [0.15, 0.2) is 0 Å². The number of allylic oxidation sites excluding steroid dienone is 3. The smallest absolute Gasteiger partial charge is 0.123 e. The van der Waals surface area contributed by atoms with Crippen LogP contribution in [0.1, 0.15) is 47.6 Å². The van der Waals surface area contributed by atoms with Gasteiger partial charge >= 0.3 is 0 Å². The number of hydrogen-bond donors (Lipinski definition) is 2. The SMILES string of the molecule is C=C1N(c2ccc(F)cc2)C(c2ccc(C3=CC=CC(CO)C3)cc2)C1(N)CCCc1ccc(C)cc1. The van der Waals surface area contributed by atoms with Gasteiger partial charge in [0, 0.05) is 23.9 Å². The first-order valence-electron chi connectivity index (χ1n) is 13.1. The van der Waals surface area contributed by atoms with Gasteiger partial charge in [-0.1, -0.05) is 78.9 Å². The van der Waals surface area contributed by atoms with Crippen molar-refractivity contribution in [2.24, 2.45) is 11.7 Å². The molecule has 3 aromatic carbocycles. The molecule has 5 rings (SSSR count). The normalized spacial score (nSPS) is 23.1. The van der Waals surface area contributed by atoms with Crippen LogP contribution in [0.5, 0.6) is 0 Å². The fourth-order valence-corrected chi connectivity index (χ4v) is 5.64. The zero-order valence-electron chi connectivity index (χ0n) is 21.4. The average Bonchev–Trinajstić information content (AvgIpc) is 2.93. The second kappa shape index (κ2) is 10.5. The predicted octanol–water partition coefficient (Wildman–Crippen LogP) is 6.88. The molecule has 3 aromatic rings. The molecule has 3 nitrogen and oxygen atoms in total. The van der Waals surface area contributed by atoms with Gasteiger partial charge in [-0.3, -0.25) is 0 Å². The van der Waals surface area contributed by atoms with Gasteiger partial charge in [0.2, 0.25) is 0 Å². The lowest BCUT2D eigenvalue weighted by atomic mass is 9.70.